The minimum absolute atomic E-state index is 0.00898. The van der Waals surface area contributed by atoms with Gasteiger partial charge in [0.05, 0.1) is 123 Å². The number of amides is 5. The number of likely N-dealkylation sites (tertiary alicyclic amines) is 1. The van der Waals surface area contributed by atoms with E-state index in [2.05, 4.69) is 21.3 Å². The molecule has 0 radical (unpaired) electrons. The van der Waals surface area contributed by atoms with Crippen LogP contribution in [-0.2, 0) is 99.9 Å². The number of hydrogen-bond donors (Lipinski definition) is 13. The fourth-order valence-electron chi connectivity index (χ4n) is 16.0. The summed E-state index contributed by atoms with van der Waals surface area (Å²) in [5, 5.41) is 101. The van der Waals surface area contributed by atoms with Gasteiger partial charge in [0.2, 0.25) is 23.6 Å². The number of unbranched alkanes of at least 4 members (excludes halogenated alkanes) is 12. The lowest BCUT2D eigenvalue weighted by Gasteiger charge is -2.40. The number of esters is 2. The maximum absolute atomic E-state index is 14.2. The predicted octanol–water partition coefficient (Wildman–Crippen LogP) is 6.27. The molecule has 4 rings (SSSR count). The maximum atomic E-state index is 14.2. The van der Waals surface area contributed by atoms with Crippen LogP contribution in [0.25, 0.3) is 0 Å². The minimum Gasteiger partial charge on any atom is -0.466 e. The number of carbonyl (C=O) groups is 9. The lowest BCUT2D eigenvalue weighted by Crippen LogP contribution is -2.55. The summed E-state index contributed by atoms with van der Waals surface area (Å²) in [6.07, 6.45) is 7.03. The number of ether oxygens (including phenoxy) is 13. The monoisotopic (exact) mass is 1870 g/mol. The highest BCUT2D eigenvalue weighted by Crippen LogP contribution is 2.40. The third kappa shape index (κ3) is 49.6. The predicted molar refractivity (Wildman–Crippen MR) is 477 cm³/mol. The maximum Gasteiger partial charge on any atom is 0.407 e. The number of nitrogens with one attached hydrogen (secondary N) is 4. The van der Waals surface area contributed by atoms with E-state index >= 15 is 0 Å². The molecule has 744 valence electrons. The van der Waals surface area contributed by atoms with Crippen molar-refractivity contribution in [3.63, 3.8) is 0 Å². The van der Waals surface area contributed by atoms with Crippen molar-refractivity contribution in [3.8, 4) is 0 Å². The highest BCUT2D eigenvalue weighted by Gasteiger charge is 2.45. The zero-order valence-corrected chi connectivity index (χ0v) is 78.7. The third-order valence-electron chi connectivity index (χ3n) is 23.9. The molecule has 4 aliphatic rings. The van der Waals surface area contributed by atoms with E-state index in [9.17, 15) is 89.1 Å². The van der Waals surface area contributed by atoms with Crippen molar-refractivity contribution in [2.75, 3.05) is 151 Å². The second-order valence-electron chi connectivity index (χ2n) is 34.4. The molecule has 4 heterocycles. The Morgan fingerprint density at radius 1 is 0.391 bits per heavy atom. The minimum atomic E-state index is -1.23. The van der Waals surface area contributed by atoms with E-state index in [0.29, 0.717) is 162 Å². The molecule has 4 saturated heterocycles. The zero-order valence-electron chi connectivity index (χ0n) is 77.1. The summed E-state index contributed by atoms with van der Waals surface area (Å²) >= 11 is 0. The molecule has 15 unspecified atom stereocenters. The zero-order chi connectivity index (χ0) is 93.5. The summed E-state index contributed by atoms with van der Waals surface area (Å²) in [5.74, 6) is -0.896. The van der Waals surface area contributed by atoms with E-state index in [-0.39, 0.29) is 157 Å². The molecular weight excluding hydrogens is 1710 g/mol. The first-order valence-electron chi connectivity index (χ1n) is 47.3. The first-order valence-corrected chi connectivity index (χ1v) is 49.8. The second kappa shape index (κ2) is 71.0. The van der Waals surface area contributed by atoms with Gasteiger partial charge in [-0.05, 0) is 127 Å². The van der Waals surface area contributed by atoms with Gasteiger partial charge in [-0.15, -0.1) is 0 Å². The first-order chi connectivity index (χ1) is 61.8. The van der Waals surface area contributed by atoms with Gasteiger partial charge in [-0.1, -0.05) is 93.7 Å². The quantitative estimate of drug-likeness (QED) is 0.0138. The van der Waals surface area contributed by atoms with Crippen LogP contribution in [0.2, 0.25) is 0 Å². The number of aliphatic hydroxyl groups excluding tert-OH is 9. The smallest absolute Gasteiger partial charge is 0.407 e. The summed E-state index contributed by atoms with van der Waals surface area (Å²) in [4.78, 5) is 119. The molecule has 17 atom stereocenters. The largest absolute Gasteiger partial charge is 0.466 e. The van der Waals surface area contributed by atoms with Gasteiger partial charge in [0, 0.05) is 140 Å². The second-order valence-corrected chi connectivity index (χ2v) is 37.1. The van der Waals surface area contributed by atoms with E-state index in [4.69, 9.17) is 61.6 Å². The van der Waals surface area contributed by atoms with Gasteiger partial charge in [-0.2, -0.15) is 0 Å². The van der Waals surface area contributed by atoms with Crippen LogP contribution in [0.5, 0.6) is 0 Å². The molecule has 0 aliphatic carbocycles. The van der Waals surface area contributed by atoms with Crippen molar-refractivity contribution >= 4 is 74.8 Å². The number of carbonyl (C=O) groups excluding carboxylic acids is 9. The Morgan fingerprint density at radius 2 is 0.781 bits per heavy atom. The molecule has 4 fully saturated rings. The molecule has 0 bridgehead atoms. The Kier molecular flexibility index (Phi) is 64.1. The summed E-state index contributed by atoms with van der Waals surface area (Å²) in [7, 11) is 6.65. The number of alkyl carbamates (subject to hydrolysis) is 1. The van der Waals surface area contributed by atoms with Crippen molar-refractivity contribution in [1.29, 1.82) is 0 Å². The standard InChI is InChI=1S/C90H161N5O31S2/c1-64-80(107)83(110)71(60-96)124-86(64)120-45-22-31-74(101)91-41-18-10-6-8-14-35-78(105)118-48-26-38-90(39-27-49-119-79(106)36-15-9-7-11-19-42-92-75(102)32-23-46-121-87-65(2)81(108)84(111)72(61-97)125-87,40-28-50-123-89(113)94-44-21-13-12-20-43-93-76(103)33-24-47-122-88-66(3)82(109)85(112)73(62-98)126-88)58-69(100)37-51-116-52-53-117-54-56-128-127-55-25-30-68(99)29-16-17-34-77(104)95-59-70(115-5)57-67(95)63-114-4/h64-67,70-73,80-88,96-98,107-112H,6-63H2,1-5H3,(H,91,101)(H,92,102)(H,93,103)(H,94,113)/t64?,65?,66?,67-,70+,71?,72?,73?,80?,81?,82?,83?,84?,85?,86?,87?,88?,90?/m1/s1. The van der Waals surface area contributed by atoms with Gasteiger partial charge in [-0.3, -0.25) is 38.4 Å². The van der Waals surface area contributed by atoms with Crippen LogP contribution in [-0.4, -0.2) is 341 Å². The van der Waals surface area contributed by atoms with Crippen LogP contribution in [0.3, 0.4) is 0 Å². The van der Waals surface area contributed by atoms with Crippen molar-refractivity contribution in [3.05, 3.63) is 0 Å². The van der Waals surface area contributed by atoms with Gasteiger partial charge in [0.1, 0.15) is 48.2 Å². The molecule has 0 aromatic heterocycles. The topological polar surface area (TPSA) is 507 Å². The summed E-state index contributed by atoms with van der Waals surface area (Å²) in [5.41, 5.74) is -0.677. The molecule has 0 aromatic rings. The average Bonchev–Trinajstić information content (AvgIpc) is 1.26. The van der Waals surface area contributed by atoms with Crippen LogP contribution in [0.15, 0.2) is 0 Å². The molecule has 128 heavy (non-hydrogen) atoms. The number of methoxy groups -OCH3 is 2. The SMILES string of the molecule is COC[C@H]1C[C@H](OC)CN1C(=O)CCCCC(=O)CCCSSCCOCCOCCC(=O)CC(CCCOC(=O)CCCCCCCNC(=O)CCCOC1OC(CO)C(O)C(O)C1C)(CCCOC(=O)CCCCCCCNC(=O)CCCOC1OC(CO)C(O)C(O)C1C)CCCOC(=O)NCCCCCCNC(=O)CCCOC1OC(CO)C(O)C(O)C1C. The number of Topliss-reactive ketones (excluding diaryl/α,β-unsaturated/α-hetero) is 2. The number of rotatable bonds is 77. The van der Waals surface area contributed by atoms with Crippen molar-refractivity contribution in [1.82, 2.24) is 26.2 Å². The van der Waals surface area contributed by atoms with Crippen LogP contribution >= 0.6 is 21.6 Å². The Bertz CT molecular complexity index is 2770. The first kappa shape index (κ1) is 116. The molecular formula is C90H161N5O31S2. The van der Waals surface area contributed by atoms with Gasteiger partial charge in [0.25, 0.3) is 0 Å². The Labute approximate surface area is 766 Å². The molecule has 0 saturated carbocycles. The van der Waals surface area contributed by atoms with E-state index in [1.54, 1.807) is 56.6 Å². The molecule has 0 aromatic carbocycles. The molecule has 13 N–H and O–H groups in total. The summed E-state index contributed by atoms with van der Waals surface area (Å²) in [6.45, 7) is 8.53. The van der Waals surface area contributed by atoms with Gasteiger partial charge < -0.3 is 134 Å². The van der Waals surface area contributed by atoms with E-state index < -0.39 is 123 Å². The summed E-state index contributed by atoms with van der Waals surface area (Å²) < 4.78 is 73.7. The van der Waals surface area contributed by atoms with Gasteiger partial charge in [-0.25, -0.2) is 4.79 Å². The van der Waals surface area contributed by atoms with Gasteiger partial charge >= 0.3 is 18.0 Å². The molecule has 5 amide bonds. The lowest BCUT2D eigenvalue weighted by atomic mass is 9.71. The van der Waals surface area contributed by atoms with Crippen molar-refractivity contribution in [2.24, 2.45) is 23.2 Å². The Morgan fingerprint density at radius 3 is 1.22 bits per heavy atom. The fourth-order valence-corrected chi connectivity index (χ4v) is 17.9. The Balaban J connectivity index is 1.24. The van der Waals surface area contributed by atoms with Gasteiger partial charge in [0.15, 0.2) is 18.9 Å². The van der Waals surface area contributed by atoms with E-state index in [0.717, 1.165) is 95.0 Å². The number of aliphatic hydroxyl groups is 9. The third-order valence-corrected chi connectivity index (χ3v) is 26.3. The average molecular weight is 1870 g/mol. The fraction of sp³-hybridized carbons (Fsp3) is 0.900. The highest BCUT2D eigenvalue weighted by molar-refractivity contribution is 8.76. The summed E-state index contributed by atoms with van der Waals surface area (Å²) in [6, 6.07) is 0.00992. The lowest BCUT2D eigenvalue weighted by molar-refractivity contribution is -0.282. The molecule has 0 spiro atoms. The van der Waals surface area contributed by atoms with Crippen LogP contribution in [0.4, 0.5) is 4.79 Å². The van der Waals surface area contributed by atoms with Crippen molar-refractivity contribution < 1.29 is 151 Å². The Hall–Kier alpha value is -4.63. The highest BCUT2D eigenvalue weighted by atomic mass is 33.1. The molecule has 36 nitrogen and oxygen atoms in total. The number of hydrogen-bond acceptors (Lipinski definition) is 33. The van der Waals surface area contributed by atoms with Crippen LogP contribution in [0, 0.1) is 23.2 Å². The molecule has 4 aliphatic heterocycles. The van der Waals surface area contributed by atoms with E-state index in [1.165, 1.54) is 0 Å². The van der Waals surface area contributed by atoms with E-state index in [1.807, 2.05) is 4.90 Å². The van der Waals surface area contributed by atoms with Crippen molar-refractivity contribution in [2.45, 2.75) is 344 Å². The van der Waals surface area contributed by atoms with Crippen LogP contribution < -0.4 is 21.3 Å². The molecule has 38 heteroatoms. The number of ketones is 2. The normalized spacial score (nSPS) is 24.6. The van der Waals surface area contributed by atoms with Crippen LogP contribution in [0.1, 0.15) is 258 Å². The number of nitrogens with zero attached hydrogens (tertiary/aromatic N) is 1.